The van der Waals surface area contributed by atoms with Crippen molar-refractivity contribution >= 4 is 86.2 Å². The molecule has 3 aromatic carbocycles. The van der Waals surface area contributed by atoms with Crippen LogP contribution in [0.2, 0.25) is 0 Å². The van der Waals surface area contributed by atoms with E-state index in [9.17, 15) is 71.0 Å². The minimum atomic E-state index is -5.13. The van der Waals surface area contributed by atoms with Gasteiger partial charge in [0.1, 0.15) is 30.0 Å². The molecule has 3 aliphatic rings. The SMILES string of the molecule is Cn1c(=O)n(C2CCC(=O)NC2O)c2ccc(CCCCCCC(=O)N3CC[C@H]4CC[C@@H](C(=O)N[C@@H](CCC(N)=O)C(=O)NCc5ccc(S(C)(=O)=O)cc5)N4C(=O)[C@@H](NC(=O)c4cc5cc(C(=O)P(=O)(O)O)ccc5[nH]4)C3)cc21. The number of hydrogen-bond acceptors (Lipinski definition) is 13. The summed E-state index contributed by atoms with van der Waals surface area (Å²) in [5, 5.41) is 21.4. The predicted octanol–water partition coefficient (Wildman–Crippen LogP) is 1.26. The van der Waals surface area contributed by atoms with Gasteiger partial charge in [-0.3, -0.25) is 52.1 Å². The van der Waals surface area contributed by atoms with Gasteiger partial charge < -0.3 is 56.7 Å². The maximum atomic E-state index is 14.9. The van der Waals surface area contributed by atoms with E-state index in [-0.39, 0.29) is 97.2 Å². The Morgan fingerprint density at radius 1 is 0.863 bits per heavy atom. The Morgan fingerprint density at radius 2 is 1.59 bits per heavy atom. The molecule has 25 nitrogen and oxygen atoms in total. The third-order valence-electron chi connectivity index (χ3n) is 15.1. The maximum absolute atomic E-state index is 14.9. The van der Waals surface area contributed by atoms with Crippen molar-refractivity contribution in [3.05, 3.63) is 99.6 Å². The number of sulfone groups is 1. The first-order valence-corrected chi connectivity index (χ1v) is 29.8. The molecule has 3 fully saturated rings. The average Bonchev–Trinajstić information content (AvgIpc) is 4.13. The standard InChI is InChI=1S/C53H65N10O15PS/c1-60-43-25-30(11-18-40(43)63(53(60)73)42-20-22-45(65)59-50(42)70)7-5-3-4-6-8-46(66)61-24-23-34-13-19-41(49(69)57-37(17-21-44(54)64)47(67)55-28-31-9-14-35(15-10-31)80(2,77)78)62(34)51(71)39(29-61)58-48(68)38-27-33-26-32(12-16-36(33)56-38)52(72)79(74,75)76/h9-12,14-16,18,25-27,34,37,39,41-42,50,56,70H,3-8,13,17,19-24,28-29H2,1-2H3,(H2,54,64)(H,55,67)(H,57,69)(H,58,68)(H,59,65)(H2,74,75,76)/t34-,37+,39+,41+,42?,50?/m1/s1. The largest absolute Gasteiger partial charge is 0.396 e. The van der Waals surface area contributed by atoms with E-state index in [4.69, 9.17) is 5.73 Å². The van der Waals surface area contributed by atoms with E-state index in [1.807, 2.05) is 18.2 Å². The van der Waals surface area contributed by atoms with Crippen LogP contribution in [0.1, 0.15) is 115 Å². The smallest absolute Gasteiger partial charge is 0.372 e. The number of H-pyrrole nitrogens is 1. The highest BCUT2D eigenvalue weighted by molar-refractivity contribution is 7.90. The number of fused-ring (bicyclic) bond motifs is 3. The highest BCUT2D eigenvalue weighted by Gasteiger charge is 2.46. The third-order valence-corrected chi connectivity index (χ3v) is 17.0. The molecule has 8 rings (SSSR count). The van der Waals surface area contributed by atoms with E-state index >= 15 is 0 Å². The fourth-order valence-electron chi connectivity index (χ4n) is 10.8. The third kappa shape index (κ3) is 13.6. The Morgan fingerprint density at radius 3 is 2.29 bits per heavy atom. The summed E-state index contributed by atoms with van der Waals surface area (Å²) < 4.78 is 38.6. The van der Waals surface area contributed by atoms with Crippen LogP contribution in [0.15, 0.2) is 76.4 Å². The Kier molecular flexibility index (Phi) is 17.9. The number of amides is 7. The molecular weight excluding hydrogens is 1080 g/mol. The van der Waals surface area contributed by atoms with Crippen LogP contribution < -0.4 is 32.7 Å². The highest BCUT2D eigenvalue weighted by atomic mass is 32.2. The van der Waals surface area contributed by atoms with Crippen molar-refractivity contribution in [2.45, 2.75) is 131 Å². The first-order chi connectivity index (χ1) is 37.9. The summed E-state index contributed by atoms with van der Waals surface area (Å²) >= 11 is 0. The van der Waals surface area contributed by atoms with Crippen molar-refractivity contribution in [2.75, 3.05) is 19.3 Å². The Balaban J connectivity index is 0.937. The number of unbranched alkanes of at least 4 members (excludes halogenated alkanes) is 3. The quantitative estimate of drug-likeness (QED) is 0.0369. The monoisotopic (exact) mass is 1140 g/mol. The van der Waals surface area contributed by atoms with Crippen LogP contribution in [-0.4, -0.2) is 144 Å². The van der Waals surface area contributed by atoms with Gasteiger partial charge in [-0.05, 0) is 111 Å². The van der Waals surface area contributed by atoms with Crippen molar-refractivity contribution < 1.29 is 66.2 Å². The minimum Gasteiger partial charge on any atom is -0.372 e. The Bertz CT molecular complexity index is 3480. The molecule has 2 aromatic heterocycles. The Hall–Kier alpha value is -7.51. The average molecular weight is 1150 g/mol. The molecule has 2 unspecified atom stereocenters. The van der Waals surface area contributed by atoms with E-state index < -0.39 is 88.9 Å². The normalized spacial score (nSPS) is 20.1. The van der Waals surface area contributed by atoms with Crippen molar-refractivity contribution in [1.82, 2.24) is 45.2 Å². The molecular formula is C53H65N10O15PS. The highest BCUT2D eigenvalue weighted by Crippen LogP contribution is 2.39. The van der Waals surface area contributed by atoms with Crippen LogP contribution in [0.25, 0.3) is 21.9 Å². The molecule has 0 radical (unpaired) electrons. The number of primary amides is 1. The second kappa shape index (κ2) is 24.5. The van der Waals surface area contributed by atoms with Crippen LogP contribution >= 0.6 is 7.60 Å². The number of aliphatic hydroxyl groups is 1. The predicted molar refractivity (Wildman–Crippen MR) is 289 cm³/mol. The molecule has 0 saturated carbocycles. The topological polar surface area (TPSA) is 372 Å². The fourth-order valence-corrected chi connectivity index (χ4v) is 11.9. The summed E-state index contributed by atoms with van der Waals surface area (Å²) in [6.07, 6.45) is 4.22. The van der Waals surface area contributed by atoms with Crippen molar-refractivity contribution in [2.24, 2.45) is 12.8 Å². The number of nitrogens with one attached hydrogen (secondary N) is 5. The molecule has 7 amide bonds. The van der Waals surface area contributed by atoms with Crippen LogP contribution in [0, 0.1) is 0 Å². The lowest BCUT2D eigenvalue weighted by Gasteiger charge is -2.39. The first-order valence-electron chi connectivity index (χ1n) is 26.3. The number of imidazole rings is 1. The second-order valence-corrected chi connectivity index (χ2v) is 24.3. The fraction of sp³-hybridized carbons (Fsp3) is 0.453. The van der Waals surface area contributed by atoms with E-state index in [2.05, 4.69) is 26.3 Å². The molecule has 0 bridgehead atoms. The summed E-state index contributed by atoms with van der Waals surface area (Å²) in [6.45, 7) is -0.177. The number of benzene rings is 3. The number of nitrogens with two attached hydrogens (primary N) is 1. The van der Waals surface area contributed by atoms with Crippen LogP contribution in [0.5, 0.6) is 0 Å². The number of aromatic amines is 1. The van der Waals surface area contributed by atoms with Gasteiger partial charge in [0.15, 0.2) is 9.84 Å². The summed E-state index contributed by atoms with van der Waals surface area (Å²) in [5.74, 6) is -4.16. The van der Waals surface area contributed by atoms with Gasteiger partial charge in [0.2, 0.25) is 35.4 Å². The molecule has 5 aromatic rings. The molecule has 3 aliphatic heterocycles. The molecule has 428 valence electrons. The van der Waals surface area contributed by atoms with Gasteiger partial charge in [-0.15, -0.1) is 0 Å². The van der Waals surface area contributed by atoms with E-state index in [0.717, 1.165) is 24.7 Å². The van der Waals surface area contributed by atoms with E-state index in [1.54, 1.807) is 7.05 Å². The molecule has 27 heteroatoms. The maximum Gasteiger partial charge on any atom is 0.396 e. The molecule has 6 atom stereocenters. The van der Waals surface area contributed by atoms with Gasteiger partial charge in [0.05, 0.1) is 22.0 Å². The zero-order chi connectivity index (χ0) is 57.8. The summed E-state index contributed by atoms with van der Waals surface area (Å²) in [4.78, 5) is 145. The van der Waals surface area contributed by atoms with E-state index in [0.29, 0.717) is 54.2 Å². The van der Waals surface area contributed by atoms with Crippen molar-refractivity contribution in [3.63, 3.8) is 0 Å². The van der Waals surface area contributed by atoms with Gasteiger partial charge in [-0.2, -0.15) is 0 Å². The number of piperidine rings is 1. The number of carbonyl (C=O) groups excluding carboxylic acids is 8. The molecule has 5 heterocycles. The van der Waals surface area contributed by atoms with Crippen LogP contribution in [0.3, 0.4) is 0 Å². The molecule has 80 heavy (non-hydrogen) atoms. The lowest BCUT2D eigenvalue weighted by atomic mass is 10.0. The van der Waals surface area contributed by atoms with Crippen molar-refractivity contribution in [1.29, 1.82) is 0 Å². The van der Waals surface area contributed by atoms with Gasteiger partial charge >= 0.3 is 13.3 Å². The van der Waals surface area contributed by atoms with Gasteiger partial charge in [-0.1, -0.05) is 31.0 Å². The van der Waals surface area contributed by atoms with E-state index in [1.165, 1.54) is 67.5 Å². The summed E-state index contributed by atoms with van der Waals surface area (Å²) in [7, 11) is -6.95. The second-order valence-electron chi connectivity index (χ2n) is 20.7. The zero-order valence-electron chi connectivity index (χ0n) is 44.1. The number of nitrogens with zero attached hydrogens (tertiary/aromatic N) is 4. The minimum absolute atomic E-state index is 0.0561. The van der Waals surface area contributed by atoms with Crippen molar-refractivity contribution in [3.8, 4) is 0 Å². The Labute approximate surface area is 459 Å². The van der Waals surface area contributed by atoms with Gasteiger partial charge in [-0.25, -0.2) is 13.2 Å². The number of rotatable bonds is 21. The molecule has 0 aliphatic carbocycles. The number of aryl methyl sites for hydroxylation is 2. The zero-order valence-corrected chi connectivity index (χ0v) is 45.8. The number of aliphatic hydroxyl groups excluding tert-OH is 1. The lowest BCUT2D eigenvalue weighted by Crippen LogP contribution is -2.62. The molecule has 10 N–H and O–H groups in total. The summed E-state index contributed by atoms with van der Waals surface area (Å²) in [5.41, 5.74) is 6.53. The van der Waals surface area contributed by atoms with Crippen LogP contribution in [-0.2, 0) is 63.2 Å². The van der Waals surface area contributed by atoms with Gasteiger partial charge in [0.25, 0.3) is 11.4 Å². The molecule has 3 saturated heterocycles. The first kappa shape index (κ1) is 58.6. The molecule has 0 spiro atoms. The lowest BCUT2D eigenvalue weighted by molar-refractivity contribution is -0.145. The summed E-state index contributed by atoms with van der Waals surface area (Å²) in [6, 6.07) is 11.6. The van der Waals surface area contributed by atoms with Gasteiger partial charge in [0, 0.05) is 74.7 Å². The number of hydrogen-bond donors (Lipinski definition) is 9. The van der Waals surface area contributed by atoms with Crippen LogP contribution in [0.4, 0.5) is 0 Å². The number of aromatic nitrogens is 3. The number of carbonyl (C=O) groups is 8.